The number of halogens is 1. The fourth-order valence-electron chi connectivity index (χ4n) is 2.96. The zero-order valence-electron chi connectivity index (χ0n) is 10.9. The van der Waals surface area contributed by atoms with Crippen LogP contribution in [0.3, 0.4) is 0 Å². The van der Waals surface area contributed by atoms with E-state index in [4.69, 9.17) is 0 Å². The Kier molecular flexibility index (Phi) is 3.50. The van der Waals surface area contributed by atoms with E-state index in [-0.39, 0.29) is 20.9 Å². The van der Waals surface area contributed by atoms with Crippen molar-refractivity contribution in [2.75, 3.05) is 0 Å². The van der Waals surface area contributed by atoms with E-state index < -0.39 is 0 Å². The van der Waals surface area contributed by atoms with Gasteiger partial charge in [-0.05, 0) is 0 Å². The topological polar surface area (TPSA) is 0 Å². The summed E-state index contributed by atoms with van der Waals surface area (Å²) >= 11 is 2.21. The summed E-state index contributed by atoms with van der Waals surface area (Å²) in [6, 6.07) is 20.4. The van der Waals surface area contributed by atoms with Crippen LogP contribution in [0.15, 0.2) is 54.6 Å². The van der Waals surface area contributed by atoms with Crippen LogP contribution in [-0.2, 0) is 12.8 Å². The molecule has 0 spiro atoms. The van der Waals surface area contributed by atoms with Crippen molar-refractivity contribution in [3.05, 3.63) is 69.3 Å². The molecule has 3 aromatic carbocycles. The van der Waals surface area contributed by atoms with Gasteiger partial charge in [0.1, 0.15) is 0 Å². The van der Waals surface area contributed by atoms with Crippen LogP contribution >= 0.6 is 22.6 Å². The molecule has 0 heterocycles. The third-order valence-electron chi connectivity index (χ3n) is 3.88. The van der Waals surface area contributed by atoms with Crippen LogP contribution in [0.1, 0.15) is 11.1 Å². The molecule has 98 valence electrons. The molecular weight excluding hydrogens is 471 g/mol. The van der Waals surface area contributed by atoms with Crippen molar-refractivity contribution >= 4 is 61.5 Å². The molecule has 0 saturated heterocycles. The summed E-state index contributed by atoms with van der Waals surface area (Å²) in [5.74, 6) is 0. The summed E-state index contributed by atoms with van der Waals surface area (Å²) in [6.45, 7) is 0. The van der Waals surface area contributed by atoms with Gasteiger partial charge in [-0.15, -0.1) is 0 Å². The van der Waals surface area contributed by atoms with Gasteiger partial charge in [0.15, 0.2) is 0 Å². The average Bonchev–Trinajstić information content (AvgIpc) is 2.89. The molecule has 0 nitrogen and oxygen atoms in total. The summed E-state index contributed by atoms with van der Waals surface area (Å²) < 4.78 is 4.53. The van der Waals surface area contributed by atoms with E-state index in [1.54, 1.807) is 25.5 Å². The zero-order valence-corrected chi connectivity index (χ0v) is 15.4. The molecule has 0 aromatic heterocycles. The van der Waals surface area contributed by atoms with E-state index >= 15 is 0 Å². The predicted molar refractivity (Wildman–Crippen MR) is 95.5 cm³/mol. The Balaban J connectivity index is 1.93. The van der Waals surface area contributed by atoms with Crippen LogP contribution in [0.2, 0.25) is 0 Å². The van der Waals surface area contributed by atoms with Gasteiger partial charge in [0, 0.05) is 0 Å². The van der Waals surface area contributed by atoms with Crippen molar-refractivity contribution in [1.29, 1.82) is 0 Å². The Bertz CT molecular complexity index is 783. The van der Waals surface area contributed by atoms with Crippen molar-refractivity contribution in [3.63, 3.8) is 0 Å². The molecule has 3 aromatic rings. The van der Waals surface area contributed by atoms with E-state index in [2.05, 4.69) is 77.2 Å². The summed E-state index contributed by atoms with van der Waals surface area (Å²) in [5.41, 5.74) is 3.11. The summed E-state index contributed by atoms with van der Waals surface area (Å²) in [4.78, 5) is 0. The maximum absolute atomic E-state index is 2.51. The van der Waals surface area contributed by atoms with Crippen molar-refractivity contribution in [2.45, 2.75) is 12.8 Å². The Morgan fingerprint density at radius 2 is 1.45 bits per heavy atom. The molecule has 0 radical (unpaired) electrons. The van der Waals surface area contributed by atoms with Crippen LogP contribution < -0.4 is 7.22 Å². The number of hydrogen-bond acceptors (Lipinski definition) is 0. The number of aryl methyl sites for hydroxylation is 2. The second kappa shape index (κ2) is 5.33. The van der Waals surface area contributed by atoms with Crippen LogP contribution in [-0.4, -0.2) is 20.9 Å². The van der Waals surface area contributed by atoms with Crippen molar-refractivity contribution in [3.8, 4) is 0 Å². The average molecular weight is 484 g/mol. The number of hydrogen-bond donors (Lipinski definition) is 0. The minimum absolute atomic E-state index is 0.296. The van der Waals surface area contributed by atoms with E-state index in [0.717, 1.165) is 0 Å². The Labute approximate surface area is 142 Å². The summed E-state index contributed by atoms with van der Waals surface area (Å²) in [5, 5.41) is 3.11. The first-order valence-corrected chi connectivity index (χ1v) is 10.2. The first-order chi connectivity index (χ1) is 9.83. The Hall–Kier alpha value is -0.560. The quantitative estimate of drug-likeness (QED) is 0.388. The Morgan fingerprint density at radius 1 is 0.750 bits per heavy atom. The minimum atomic E-state index is -0.296. The Morgan fingerprint density at radius 3 is 2.20 bits per heavy atom. The van der Waals surface area contributed by atoms with E-state index in [0.29, 0.717) is 0 Å². The van der Waals surface area contributed by atoms with Gasteiger partial charge in [-0.25, -0.2) is 0 Å². The van der Waals surface area contributed by atoms with Crippen molar-refractivity contribution in [1.82, 2.24) is 0 Å². The van der Waals surface area contributed by atoms with Crippen molar-refractivity contribution in [2.24, 2.45) is 0 Å². The molecule has 0 amide bonds. The first-order valence-electron chi connectivity index (χ1n) is 6.79. The normalized spacial score (nSPS) is 13.1. The van der Waals surface area contributed by atoms with Crippen molar-refractivity contribution < 1.29 is 0 Å². The van der Waals surface area contributed by atoms with Crippen LogP contribution in [0, 0.1) is 3.57 Å². The summed E-state index contributed by atoms with van der Waals surface area (Å²) in [6.07, 6.45) is 2.44. The second-order valence-corrected chi connectivity index (χ2v) is 9.44. The van der Waals surface area contributed by atoms with Gasteiger partial charge in [-0.1, -0.05) is 0 Å². The monoisotopic (exact) mass is 486 g/mol. The molecule has 0 saturated carbocycles. The molecule has 0 N–H and O–H groups in total. The molecule has 0 fully saturated rings. The van der Waals surface area contributed by atoms with Gasteiger partial charge in [-0.2, -0.15) is 0 Å². The molecule has 2 heteroatoms. The molecule has 0 bridgehead atoms. The molecule has 1 aliphatic carbocycles. The number of benzene rings is 3. The fourth-order valence-corrected chi connectivity index (χ4v) is 7.11. The van der Waals surface area contributed by atoms with Gasteiger partial charge in [-0.3, -0.25) is 0 Å². The van der Waals surface area contributed by atoms with Gasteiger partial charge in [0.05, 0.1) is 0 Å². The van der Waals surface area contributed by atoms with Crippen LogP contribution in [0.5, 0.6) is 0 Å². The second-order valence-electron chi connectivity index (χ2n) is 5.09. The van der Waals surface area contributed by atoms with E-state index in [9.17, 15) is 0 Å². The third-order valence-corrected chi connectivity index (χ3v) is 7.83. The van der Waals surface area contributed by atoms with Gasteiger partial charge >= 0.3 is 144 Å². The molecule has 1 aliphatic rings. The maximum atomic E-state index is 2.51. The van der Waals surface area contributed by atoms with Crippen LogP contribution in [0.25, 0.3) is 10.8 Å². The molecule has 0 unspecified atom stereocenters. The summed E-state index contributed by atoms with van der Waals surface area (Å²) in [7, 11) is 0. The third kappa shape index (κ3) is 2.19. The number of rotatable bonds is 2. The molecule has 20 heavy (non-hydrogen) atoms. The van der Waals surface area contributed by atoms with E-state index in [1.807, 2.05) is 0 Å². The van der Waals surface area contributed by atoms with Crippen LogP contribution in [0.4, 0.5) is 0 Å². The fraction of sp³-hybridized carbons (Fsp3) is 0.111. The SMILES string of the molecule is Ic1ccc2c3c(ccc([Te]c4ccccc4)c13)CC2. The van der Waals surface area contributed by atoms with Gasteiger partial charge < -0.3 is 0 Å². The van der Waals surface area contributed by atoms with Gasteiger partial charge in [0.25, 0.3) is 0 Å². The molecule has 0 atom stereocenters. The molecule has 0 aliphatic heterocycles. The predicted octanol–water partition coefficient (Wildman–Crippen LogP) is 3.20. The van der Waals surface area contributed by atoms with Gasteiger partial charge in [0.2, 0.25) is 0 Å². The first kappa shape index (κ1) is 13.1. The zero-order chi connectivity index (χ0) is 13.5. The molecular formula is C18H13ITe. The van der Waals surface area contributed by atoms with E-state index in [1.165, 1.54) is 20.0 Å². The standard InChI is InChI=1S/C18H13ITe/c19-15-10-8-12-6-7-13-9-11-16(18(15)17(12)13)20-14-4-2-1-3-5-14/h1-5,8-11H,6-7H2. The molecule has 4 rings (SSSR count).